The molecule has 0 amide bonds. The lowest BCUT2D eigenvalue weighted by atomic mass is 10.3. The average molecular weight is 295 g/mol. The van der Waals surface area contributed by atoms with Gasteiger partial charge in [0.2, 0.25) is 0 Å². The quantitative estimate of drug-likeness (QED) is 0.831. The van der Waals surface area contributed by atoms with Gasteiger partial charge in [0.05, 0.1) is 0 Å². The van der Waals surface area contributed by atoms with Gasteiger partial charge in [-0.3, -0.25) is 9.67 Å². The summed E-state index contributed by atoms with van der Waals surface area (Å²) in [5.74, 6) is 0. The van der Waals surface area contributed by atoms with Gasteiger partial charge in [-0.25, -0.2) is 0 Å². The minimum atomic E-state index is 0.853. The zero-order valence-corrected chi connectivity index (χ0v) is 11.1. The van der Waals surface area contributed by atoms with Crippen LogP contribution in [0.2, 0.25) is 0 Å². The number of nitrogens with zero attached hydrogens (tertiary/aromatic N) is 3. The minimum Gasteiger partial charge on any atom is -0.313 e. The van der Waals surface area contributed by atoms with Crippen LogP contribution in [0.1, 0.15) is 12.0 Å². The van der Waals surface area contributed by atoms with Gasteiger partial charge >= 0.3 is 0 Å². The highest BCUT2D eigenvalue weighted by Gasteiger charge is 1.95. The van der Waals surface area contributed by atoms with Gasteiger partial charge in [-0.2, -0.15) is 5.10 Å². The number of hydrogen-bond donors (Lipinski definition) is 1. The van der Waals surface area contributed by atoms with Crippen molar-refractivity contribution in [2.75, 3.05) is 6.54 Å². The smallest absolute Gasteiger partial charge is 0.0489 e. The molecule has 2 aromatic heterocycles. The first-order valence-electron chi connectivity index (χ1n) is 5.62. The van der Waals surface area contributed by atoms with Crippen molar-refractivity contribution in [1.82, 2.24) is 20.1 Å². The summed E-state index contributed by atoms with van der Waals surface area (Å²) < 4.78 is 2.97. The summed E-state index contributed by atoms with van der Waals surface area (Å²) in [6.07, 6.45) is 8.54. The average Bonchev–Trinajstić information content (AvgIpc) is 2.82. The predicted molar refractivity (Wildman–Crippen MR) is 70.5 cm³/mol. The lowest BCUT2D eigenvalue weighted by Gasteiger charge is -2.05. The van der Waals surface area contributed by atoms with Gasteiger partial charge in [0.1, 0.15) is 0 Å². The molecule has 5 heteroatoms. The molecule has 90 valence electrons. The van der Waals surface area contributed by atoms with Crippen LogP contribution in [0, 0.1) is 0 Å². The number of pyridine rings is 1. The fourth-order valence-corrected chi connectivity index (χ4v) is 2.00. The second-order valence-corrected chi connectivity index (χ2v) is 4.73. The van der Waals surface area contributed by atoms with Gasteiger partial charge in [-0.1, -0.05) is 0 Å². The number of aryl methyl sites for hydroxylation is 1. The second-order valence-electron chi connectivity index (χ2n) is 3.81. The van der Waals surface area contributed by atoms with Gasteiger partial charge < -0.3 is 5.32 Å². The number of hydrogen-bond acceptors (Lipinski definition) is 3. The first-order valence-corrected chi connectivity index (χ1v) is 6.41. The fourth-order valence-electron chi connectivity index (χ4n) is 1.58. The van der Waals surface area contributed by atoms with Crippen molar-refractivity contribution in [3.63, 3.8) is 0 Å². The van der Waals surface area contributed by atoms with Gasteiger partial charge in [-0.05, 0) is 46.6 Å². The zero-order chi connectivity index (χ0) is 11.9. The third-order valence-electron chi connectivity index (χ3n) is 2.39. The molecule has 2 aromatic rings. The maximum Gasteiger partial charge on any atom is 0.0489 e. The maximum absolute atomic E-state index is 4.16. The SMILES string of the molecule is Brc1cncc(CNCCCn2cccn2)c1. The molecule has 17 heavy (non-hydrogen) atoms. The maximum atomic E-state index is 4.16. The molecule has 0 bridgehead atoms. The van der Waals surface area contributed by atoms with E-state index in [4.69, 9.17) is 0 Å². The molecule has 0 saturated heterocycles. The summed E-state index contributed by atoms with van der Waals surface area (Å²) in [5, 5.41) is 7.55. The summed E-state index contributed by atoms with van der Waals surface area (Å²) in [6, 6.07) is 4.02. The molecule has 0 spiro atoms. The van der Waals surface area contributed by atoms with Crippen molar-refractivity contribution in [3.05, 3.63) is 47.0 Å². The number of halogens is 1. The lowest BCUT2D eigenvalue weighted by molar-refractivity contribution is 0.543. The monoisotopic (exact) mass is 294 g/mol. The summed E-state index contributed by atoms with van der Waals surface area (Å²) in [5.41, 5.74) is 1.19. The molecule has 0 unspecified atom stereocenters. The minimum absolute atomic E-state index is 0.853. The summed E-state index contributed by atoms with van der Waals surface area (Å²) in [6.45, 7) is 2.79. The highest BCUT2D eigenvalue weighted by atomic mass is 79.9. The molecule has 1 N–H and O–H groups in total. The van der Waals surface area contributed by atoms with Crippen molar-refractivity contribution in [2.24, 2.45) is 0 Å². The molecular formula is C12H15BrN4. The molecule has 0 atom stereocenters. The van der Waals surface area contributed by atoms with Crippen LogP contribution < -0.4 is 5.32 Å². The normalized spacial score (nSPS) is 10.6. The molecule has 0 aliphatic rings. The van der Waals surface area contributed by atoms with Crippen LogP contribution in [0.15, 0.2) is 41.4 Å². The first kappa shape index (κ1) is 12.3. The summed E-state index contributed by atoms with van der Waals surface area (Å²) in [7, 11) is 0. The predicted octanol–water partition coefficient (Wildman–Crippen LogP) is 2.22. The van der Waals surface area contributed by atoms with E-state index in [0.717, 1.165) is 30.5 Å². The number of nitrogens with one attached hydrogen (secondary N) is 1. The van der Waals surface area contributed by atoms with E-state index in [0.29, 0.717) is 0 Å². The van der Waals surface area contributed by atoms with E-state index in [1.165, 1.54) is 5.56 Å². The molecule has 0 radical (unpaired) electrons. The highest BCUT2D eigenvalue weighted by Crippen LogP contribution is 2.08. The van der Waals surface area contributed by atoms with Crippen molar-refractivity contribution in [2.45, 2.75) is 19.5 Å². The fraction of sp³-hybridized carbons (Fsp3) is 0.333. The Kier molecular flexibility index (Phi) is 4.70. The highest BCUT2D eigenvalue weighted by molar-refractivity contribution is 9.10. The van der Waals surface area contributed by atoms with E-state index in [1.54, 1.807) is 12.4 Å². The van der Waals surface area contributed by atoms with E-state index in [2.05, 4.69) is 37.4 Å². The molecule has 0 fully saturated rings. The third-order valence-corrected chi connectivity index (χ3v) is 2.82. The van der Waals surface area contributed by atoms with Crippen LogP contribution in [0.5, 0.6) is 0 Å². The molecule has 0 aliphatic carbocycles. The zero-order valence-electron chi connectivity index (χ0n) is 9.51. The van der Waals surface area contributed by atoms with Gasteiger partial charge in [0.15, 0.2) is 0 Å². The number of aromatic nitrogens is 3. The van der Waals surface area contributed by atoms with Crippen LogP contribution in [0.3, 0.4) is 0 Å². The lowest BCUT2D eigenvalue weighted by Crippen LogP contribution is -2.16. The molecule has 4 nitrogen and oxygen atoms in total. The second kappa shape index (κ2) is 6.51. The van der Waals surface area contributed by atoms with E-state index in [-0.39, 0.29) is 0 Å². The van der Waals surface area contributed by atoms with Crippen molar-refractivity contribution in [3.8, 4) is 0 Å². The topological polar surface area (TPSA) is 42.7 Å². The van der Waals surface area contributed by atoms with Crippen molar-refractivity contribution in [1.29, 1.82) is 0 Å². The van der Waals surface area contributed by atoms with E-state index >= 15 is 0 Å². The van der Waals surface area contributed by atoms with Crippen LogP contribution in [-0.2, 0) is 13.1 Å². The molecule has 0 saturated carbocycles. The first-order chi connectivity index (χ1) is 8.34. The van der Waals surface area contributed by atoms with Crippen LogP contribution in [-0.4, -0.2) is 21.3 Å². The third kappa shape index (κ3) is 4.28. The number of rotatable bonds is 6. The van der Waals surface area contributed by atoms with E-state index < -0.39 is 0 Å². The van der Waals surface area contributed by atoms with Crippen LogP contribution in [0.4, 0.5) is 0 Å². The Morgan fingerprint density at radius 1 is 1.35 bits per heavy atom. The van der Waals surface area contributed by atoms with Gasteiger partial charge in [0.25, 0.3) is 0 Å². The molecular weight excluding hydrogens is 280 g/mol. The van der Waals surface area contributed by atoms with Crippen LogP contribution in [0.25, 0.3) is 0 Å². The molecule has 2 rings (SSSR count). The Balaban J connectivity index is 1.63. The Labute approximate surface area is 109 Å². The molecule has 2 heterocycles. The molecule has 0 aliphatic heterocycles. The standard InChI is InChI=1S/C12H15BrN4/c13-12-7-11(9-15-10-12)8-14-3-1-5-17-6-2-4-16-17/h2,4,6-7,9-10,14H,1,3,5,8H2. The van der Waals surface area contributed by atoms with Gasteiger partial charge in [-0.15, -0.1) is 0 Å². The van der Waals surface area contributed by atoms with E-state index in [1.807, 2.05) is 23.1 Å². The van der Waals surface area contributed by atoms with Crippen LogP contribution >= 0.6 is 15.9 Å². The van der Waals surface area contributed by atoms with Gasteiger partial charge in [0, 0.05) is 42.3 Å². The Morgan fingerprint density at radius 3 is 3.06 bits per heavy atom. The van der Waals surface area contributed by atoms with Crippen molar-refractivity contribution < 1.29 is 0 Å². The largest absolute Gasteiger partial charge is 0.313 e. The Bertz CT molecular complexity index is 442. The summed E-state index contributed by atoms with van der Waals surface area (Å²) >= 11 is 3.41. The Hall–Kier alpha value is -1.20. The Morgan fingerprint density at radius 2 is 2.29 bits per heavy atom. The molecule has 0 aromatic carbocycles. The summed E-state index contributed by atoms with van der Waals surface area (Å²) in [4.78, 5) is 4.12. The van der Waals surface area contributed by atoms with E-state index in [9.17, 15) is 0 Å². The van der Waals surface area contributed by atoms with Crippen molar-refractivity contribution >= 4 is 15.9 Å².